The first-order valence-corrected chi connectivity index (χ1v) is 8.09. The Morgan fingerprint density at radius 2 is 1.73 bits per heavy atom. The normalized spacial score (nSPS) is 11.2. The number of phenols is 1. The van der Waals surface area contributed by atoms with Gasteiger partial charge in [0.15, 0.2) is 5.82 Å². The second-order valence-electron chi connectivity index (χ2n) is 6.19. The van der Waals surface area contributed by atoms with Gasteiger partial charge >= 0.3 is 5.69 Å². The summed E-state index contributed by atoms with van der Waals surface area (Å²) in [6, 6.07) is 12.7. The largest absolute Gasteiger partial charge is 0.507 e. The highest BCUT2D eigenvalue weighted by atomic mass is 16.3. The highest BCUT2D eigenvalue weighted by Gasteiger charge is 2.15. The molecule has 26 heavy (non-hydrogen) atoms. The van der Waals surface area contributed by atoms with E-state index >= 15 is 0 Å². The lowest BCUT2D eigenvalue weighted by atomic mass is 10.0. The molecule has 0 saturated carbocycles. The van der Waals surface area contributed by atoms with Gasteiger partial charge in [0.25, 0.3) is 0 Å². The number of rotatable bonds is 2. The minimum Gasteiger partial charge on any atom is -0.507 e. The maximum Gasteiger partial charge on any atom is 0.355 e. The quantitative estimate of drug-likeness (QED) is 0.580. The first-order valence-electron chi connectivity index (χ1n) is 8.09. The highest BCUT2D eigenvalue weighted by molar-refractivity contribution is 5.69. The van der Waals surface area contributed by atoms with Crippen molar-refractivity contribution < 1.29 is 5.11 Å². The van der Waals surface area contributed by atoms with Gasteiger partial charge in [0.05, 0.1) is 11.4 Å². The molecule has 0 radical (unpaired) electrons. The Morgan fingerprint density at radius 3 is 2.38 bits per heavy atom. The van der Waals surface area contributed by atoms with Crippen LogP contribution in [0.2, 0.25) is 0 Å². The molecule has 130 valence electrons. The zero-order chi connectivity index (χ0) is 18.4. The number of benzene rings is 2. The Balaban J connectivity index is 1.95. The summed E-state index contributed by atoms with van der Waals surface area (Å²) in [4.78, 5) is 17.2. The van der Waals surface area contributed by atoms with E-state index in [0.29, 0.717) is 17.0 Å². The van der Waals surface area contributed by atoms with Gasteiger partial charge in [0.2, 0.25) is 5.65 Å². The van der Waals surface area contributed by atoms with E-state index in [2.05, 4.69) is 10.1 Å². The molecule has 7 heteroatoms. The topological polar surface area (TPSA) is 98.4 Å². The standard InChI is InChI=1S/C19H17N5O2/c1-11-8-13(9-12(2)16(11)25)15-10-23-18(17(20)21-15)22-24(19(23)26)14-6-4-3-5-7-14/h3-10,25H,1-2H3,(H2,20,21). The van der Waals surface area contributed by atoms with Crippen LogP contribution in [0.15, 0.2) is 53.5 Å². The third-order valence-electron chi connectivity index (χ3n) is 4.32. The minimum absolute atomic E-state index is 0.165. The molecule has 0 atom stereocenters. The van der Waals surface area contributed by atoms with Gasteiger partial charge in [-0.3, -0.25) is 0 Å². The van der Waals surface area contributed by atoms with Crippen LogP contribution in [-0.2, 0) is 0 Å². The first kappa shape index (κ1) is 15.9. The smallest absolute Gasteiger partial charge is 0.355 e. The molecule has 0 fully saturated rings. The van der Waals surface area contributed by atoms with Crippen LogP contribution in [0.1, 0.15) is 11.1 Å². The molecule has 7 nitrogen and oxygen atoms in total. The fourth-order valence-electron chi connectivity index (χ4n) is 2.98. The number of aryl methyl sites for hydroxylation is 2. The summed E-state index contributed by atoms with van der Waals surface area (Å²) in [7, 11) is 0. The van der Waals surface area contributed by atoms with E-state index in [4.69, 9.17) is 5.73 Å². The zero-order valence-electron chi connectivity index (χ0n) is 14.3. The van der Waals surface area contributed by atoms with Gasteiger partial charge < -0.3 is 10.8 Å². The minimum atomic E-state index is -0.325. The summed E-state index contributed by atoms with van der Waals surface area (Å²) in [5.41, 5.74) is 9.46. The van der Waals surface area contributed by atoms with Crippen molar-refractivity contribution in [3.8, 4) is 22.7 Å². The number of nitrogens with zero attached hydrogens (tertiary/aromatic N) is 4. The van der Waals surface area contributed by atoms with Crippen LogP contribution < -0.4 is 11.4 Å². The van der Waals surface area contributed by atoms with Gasteiger partial charge in [-0.25, -0.2) is 14.2 Å². The molecule has 0 spiro atoms. The molecule has 0 aliphatic carbocycles. The fraction of sp³-hybridized carbons (Fsp3) is 0.105. The molecule has 0 aliphatic rings. The highest BCUT2D eigenvalue weighted by Crippen LogP contribution is 2.28. The number of nitrogens with two attached hydrogens (primary N) is 1. The van der Waals surface area contributed by atoms with Crippen molar-refractivity contribution in [2.75, 3.05) is 5.73 Å². The Hall–Kier alpha value is -3.61. The number of aromatic hydroxyl groups is 1. The molecule has 3 N–H and O–H groups in total. The van der Waals surface area contributed by atoms with Crippen LogP contribution in [0.4, 0.5) is 5.82 Å². The van der Waals surface area contributed by atoms with Gasteiger partial charge in [-0.15, -0.1) is 5.10 Å². The van der Waals surface area contributed by atoms with Gasteiger partial charge in [-0.1, -0.05) is 18.2 Å². The fourth-order valence-corrected chi connectivity index (χ4v) is 2.98. The molecule has 0 bridgehead atoms. The van der Waals surface area contributed by atoms with Crippen LogP contribution in [0.3, 0.4) is 0 Å². The van der Waals surface area contributed by atoms with Crippen molar-refractivity contribution in [2.45, 2.75) is 13.8 Å². The number of nitrogen functional groups attached to an aromatic ring is 1. The lowest BCUT2D eigenvalue weighted by Crippen LogP contribution is -2.19. The van der Waals surface area contributed by atoms with Gasteiger partial charge in [-0.2, -0.15) is 4.68 Å². The average Bonchev–Trinajstić information content (AvgIpc) is 2.97. The molecule has 0 aliphatic heterocycles. The Bertz CT molecular complexity index is 1170. The number of fused-ring (bicyclic) bond motifs is 1. The van der Waals surface area contributed by atoms with E-state index in [1.54, 1.807) is 18.3 Å². The third-order valence-corrected chi connectivity index (χ3v) is 4.32. The second kappa shape index (κ2) is 5.73. The van der Waals surface area contributed by atoms with Crippen LogP contribution in [0, 0.1) is 13.8 Å². The van der Waals surface area contributed by atoms with E-state index in [0.717, 1.165) is 16.7 Å². The van der Waals surface area contributed by atoms with Crippen molar-refractivity contribution >= 4 is 11.5 Å². The molecule has 0 amide bonds. The molecule has 0 unspecified atom stereocenters. The van der Waals surface area contributed by atoms with E-state index in [1.807, 2.05) is 44.2 Å². The Morgan fingerprint density at radius 1 is 1.08 bits per heavy atom. The number of anilines is 1. The van der Waals surface area contributed by atoms with Crippen molar-refractivity contribution in [3.05, 3.63) is 70.3 Å². The molecule has 2 aromatic carbocycles. The molecule has 2 aromatic heterocycles. The maximum atomic E-state index is 12.8. The van der Waals surface area contributed by atoms with E-state index in [1.165, 1.54) is 9.08 Å². The Kier molecular flexibility index (Phi) is 3.50. The first-order chi connectivity index (χ1) is 12.5. The summed E-state index contributed by atoms with van der Waals surface area (Å²) in [5, 5.41) is 14.3. The van der Waals surface area contributed by atoms with Crippen molar-refractivity contribution in [1.29, 1.82) is 0 Å². The summed E-state index contributed by atoms with van der Waals surface area (Å²) < 4.78 is 2.69. The number of phenolic OH excluding ortho intramolecular Hbond substituents is 1. The number of hydrogen-bond acceptors (Lipinski definition) is 5. The van der Waals surface area contributed by atoms with Gasteiger partial charge in [0, 0.05) is 11.8 Å². The van der Waals surface area contributed by atoms with Crippen LogP contribution in [0.25, 0.3) is 22.6 Å². The van der Waals surface area contributed by atoms with E-state index in [-0.39, 0.29) is 17.3 Å². The summed E-state index contributed by atoms with van der Waals surface area (Å²) in [5.74, 6) is 0.412. The number of para-hydroxylation sites is 1. The van der Waals surface area contributed by atoms with Gasteiger partial charge in [0.1, 0.15) is 5.75 Å². The molecule has 2 heterocycles. The monoisotopic (exact) mass is 347 g/mol. The molecular formula is C19H17N5O2. The maximum absolute atomic E-state index is 12.8. The molecule has 4 aromatic rings. The van der Waals surface area contributed by atoms with E-state index in [9.17, 15) is 9.90 Å². The predicted octanol–water partition coefficient (Wildman–Crippen LogP) is 2.45. The van der Waals surface area contributed by atoms with E-state index < -0.39 is 0 Å². The SMILES string of the molecule is Cc1cc(-c2cn3c(=O)n(-c4ccccc4)nc3c(N)n2)cc(C)c1O. The molecule has 0 saturated heterocycles. The van der Waals surface area contributed by atoms with Gasteiger partial charge in [-0.05, 0) is 49.2 Å². The van der Waals surface area contributed by atoms with Crippen molar-refractivity contribution in [1.82, 2.24) is 19.2 Å². The Labute approximate surface area is 149 Å². The van der Waals surface area contributed by atoms with Crippen LogP contribution in [0.5, 0.6) is 5.75 Å². The average molecular weight is 347 g/mol. The lowest BCUT2D eigenvalue weighted by Gasteiger charge is -2.08. The summed E-state index contributed by atoms with van der Waals surface area (Å²) in [6.45, 7) is 3.63. The molecule has 4 rings (SSSR count). The number of hydrogen-bond donors (Lipinski definition) is 2. The van der Waals surface area contributed by atoms with Crippen molar-refractivity contribution in [3.63, 3.8) is 0 Å². The second-order valence-corrected chi connectivity index (χ2v) is 6.19. The summed E-state index contributed by atoms with van der Waals surface area (Å²) in [6.07, 6.45) is 1.62. The third kappa shape index (κ3) is 2.41. The van der Waals surface area contributed by atoms with Crippen molar-refractivity contribution in [2.24, 2.45) is 0 Å². The van der Waals surface area contributed by atoms with Crippen LogP contribution in [-0.4, -0.2) is 24.3 Å². The molecular weight excluding hydrogens is 330 g/mol. The summed E-state index contributed by atoms with van der Waals surface area (Å²) >= 11 is 0. The van der Waals surface area contributed by atoms with Crippen LogP contribution >= 0.6 is 0 Å². The zero-order valence-corrected chi connectivity index (χ0v) is 14.3. The predicted molar refractivity (Wildman–Crippen MR) is 99.6 cm³/mol. The number of aromatic nitrogens is 4. The lowest BCUT2D eigenvalue weighted by molar-refractivity contribution is 0.467.